The minimum Gasteiger partial charge on any atom is -0.341 e. The fourth-order valence-corrected chi connectivity index (χ4v) is 5.71. The van der Waals surface area contributed by atoms with Gasteiger partial charge in [0.2, 0.25) is 11.8 Å². The fraction of sp³-hybridized carbons (Fsp3) is 0.333. The molecule has 0 saturated carbocycles. The summed E-state index contributed by atoms with van der Waals surface area (Å²) in [5.41, 5.74) is 0.142. The lowest BCUT2D eigenvalue weighted by atomic mass is 9.99. The molecule has 0 bridgehead atoms. The zero-order valence-electron chi connectivity index (χ0n) is 16.8. The van der Waals surface area contributed by atoms with Gasteiger partial charge < -0.3 is 10.2 Å². The number of thioether (sulfide) groups is 1. The van der Waals surface area contributed by atoms with E-state index in [1.54, 1.807) is 11.0 Å². The van der Waals surface area contributed by atoms with Gasteiger partial charge in [-0.2, -0.15) is 0 Å². The third-order valence-electron chi connectivity index (χ3n) is 5.44. The average molecular weight is 464 g/mol. The molecule has 0 aromatic heterocycles. The number of piperidine rings is 1. The highest BCUT2D eigenvalue weighted by atomic mass is 32.2. The number of hydrogen-bond donors (Lipinski definition) is 2. The van der Waals surface area contributed by atoms with E-state index >= 15 is 0 Å². The van der Waals surface area contributed by atoms with E-state index in [0.29, 0.717) is 29.6 Å². The minimum atomic E-state index is -4.06. The molecule has 1 fully saturated rings. The van der Waals surface area contributed by atoms with Gasteiger partial charge in [0.05, 0.1) is 16.3 Å². The molecule has 0 aliphatic carbocycles. The van der Waals surface area contributed by atoms with Gasteiger partial charge in [-0.1, -0.05) is 19.1 Å². The molecule has 2 aliphatic heterocycles. The Bertz CT molecular complexity index is 1130. The number of fused-ring (bicyclic) bond motifs is 1. The first kappa shape index (κ1) is 21.6. The van der Waals surface area contributed by atoms with E-state index in [2.05, 4.69) is 17.0 Å². The van der Waals surface area contributed by atoms with Crippen LogP contribution in [0.15, 0.2) is 52.3 Å². The van der Waals surface area contributed by atoms with Crippen LogP contribution in [-0.2, 0) is 19.6 Å². The first-order chi connectivity index (χ1) is 14.7. The molecule has 0 radical (unpaired) electrons. The number of rotatable bonds is 4. The molecule has 31 heavy (non-hydrogen) atoms. The quantitative estimate of drug-likeness (QED) is 0.679. The molecular formula is C21H22FN3O4S2. The fourth-order valence-electron chi connectivity index (χ4n) is 3.56. The molecule has 1 saturated heterocycles. The van der Waals surface area contributed by atoms with Crippen LogP contribution in [0, 0.1) is 11.7 Å². The highest BCUT2D eigenvalue weighted by Crippen LogP contribution is 2.38. The normalized spacial score (nSPS) is 19.5. The van der Waals surface area contributed by atoms with E-state index in [1.807, 2.05) is 0 Å². The van der Waals surface area contributed by atoms with Gasteiger partial charge in [0.25, 0.3) is 10.0 Å². The number of amides is 2. The van der Waals surface area contributed by atoms with Crippen LogP contribution in [-0.4, -0.2) is 43.5 Å². The molecular weight excluding hydrogens is 441 g/mol. The number of sulfonamides is 1. The Kier molecular flexibility index (Phi) is 5.94. The molecule has 7 nitrogen and oxygen atoms in total. The Labute approximate surface area is 184 Å². The summed E-state index contributed by atoms with van der Waals surface area (Å²) in [4.78, 5) is 27.7. The molecule has 1 unspecified atom stereocenters. The van der Waals surface area contributed by atoms with Crippen molar-refractivity contribution in [2.45, 2.75) is 34.8 Å². The maximum absolute atomic E-state index is 13.8. The Morgan fingerprint density at radius 2 is 1.90 bits per heavy atom. The maximum Gasteiger partial charge on any atom is 0.262 e. The molecule has 2 N–H and O–H groups in total. The lowest BCUT2D eigenvalue weighted by molar-refractivity contribution is -0.135. The number of likely N-dealkylation sites (tertiary alicyclic amines) is 1. The summed E-state index contributed by atoms with van der Waals surface area (Å²) in [5.74, 6) is -0.826. The van der Waals surface area contributed by atoms with Gasteiger partial charge in [-0.25, -0.2) is 12.8 Å². The third-order valence-corrected chi connectivity index (χ3v) is 8.06. The summed E-state index contributed by atoms with van der Waals surface area (Å²) in [6.45, 7) is 3.42. The number of para-hydroxylation sites is 1. The highest BCUT2D eigenvalue weighted by molar-refractivity contribution is 8.01. The number of anilines is 2. The van der Waals surface area contributed by atoms with Gasteiger partial charge in [0, 0.05) is 18.0 Å². The Morgan fingerprint density at radius 1 is 1.19 bits per heavy atom. The zero-order valence-corrected chi connectivity index (χ0v) is 18.4. The van der Waals surface area contributed by atoms with Crippen molar-refractivity contribution >= 4 is 45.0 Å². The second-order valence-corrected chi connectivity index (χ2v) is 10.6. The first-order valence-corrected chi connectivity index (χ1v) is 12.3. The van der Waals surface area contributed by atoms with E-state index < -0.39 is 27.0 Å². The molecule has 0 spiro atoms. The SMILES string of the molecule is CC1CCN(C(=O)C2Sc3ccc(S(=O)(=O)Nc4ccccc4F)cc3NC2=O)CC1. The van der Waals surface area contributed by atoms with Crippen molar-refractivity contribution in [2.24, 2.45) is 5.92 Å². The predicted octanol–water partition coefficient (Wildman–Crippen LogP) is 3.30. The van der Waals surface area contributed by atoms with Crippen LogP contribution in [0.1, 0.15) is 19.8 Å². The molecule has 2 aromatic rings. The van der Waals surface area contributed by atoms with Gasteiger partial charge in [0.1, 0.15) is 5.82 Å². The number of carbonyl (C=O) groups is 2. The molecule has 10 heteroatoms. The monoisotopic (exact) mass is 463 g/mol. The summed E-state index contributed by atoms with van der Waals surface area (Å²) in [6, 6.07) is 9.69. The summed E-state index contributed by atoms with van der Waals surface area (Å²) in [6.07, 6.45) is 1.83. The minimum absolute atomic E-state index is 0.120. The number of carbonyl (C=O) groups excluding carboxylic acids is 2. The Morgan fingerprint density at radius 3 is 2.61 bits per heavy atom. The first-order valence-electron chi connectivity index (χ1n) is 9.92. The van der Waals surface area contributed by atoms with Gasteiger partial charge in [-0.05, 0) is 49.1 Å². The average Bonchev–Trinajstić information content (AvgIpc) is 2.74. The van der Waals surface area contributed by atoms with Crippen molar-refractivity contribution in [3.63, 3.8) is 0 Å². The summed E-state index contributed by atoms with van der Waals surface area (Å²) >= 11 is 1.11. The van der Waals surface area contributed by atoms with Crippen molar-refractivity contribution in [2.75, 3.05) is 23.1 Å². The van der Waals surface area contributed by atoms with E-state index in [4.69, 9.17) is 0 Å². The van der Waals surface area contributed by atoms with Crippen LogP contribution in [0.3, 0.4) is 0 Å². The van der Waals surface area contributed by atoms with Crippen LogP contribution in [0.25, 0.3) is 0 Å². The van der Waals surface area contributed by atoms with Gasteiger partial charge >= 0.3 is 0 Å². The largest absolute Gasteiger partial charge is 0.341 e. The van der Waals surface area contributed by atoms with Crippen LogP contribution >= 0.6 is 11.8 Å². The van der Waals surface area contributed by atoms with Crippen molar-refractivity contribution in [1.29, 1.82) is 0 Å². The summed E-state index contributed by atoms with van der Waals surface area (Å²) in [7, 11) is -4.06. The van der Waals surface area contributed by atoms with E-state index in [9.17, 15) is 22.4 Å². The molecule has 2 aliphatic rings. The second-order valence-electron chi connectivity index (χ2n) is 7.74. The topological polar surface area (TPSA) is 95.6 Å². The van der Waals surface area contributed by atoms with Crippen LogP contribution in [0.4, 0.5) is 15.8 Å². The summed E-state index contributed by atoms with van der Waals surface area (Å²) < 4.78 is 41.4. The molecule has 1 atom stereocenters. The van der Waals surface area contributed by atoms with E-state index in [0.717, 1.165) is 30.7 Å². The van der Waals surface area contributed by atoms with Crippen LogP contribution in [0.2, 0.25) is 0 Å². The highest BCUT2D eigenvalue weighted by Gasteiger charge is 2.37. The molecule has 2 heterocycles. The number of hydrogen-bond acceptors (Lipinski definition) is 5. The smallest absolute Gasteiger partial charge is 0.262 e. The van der Waals surface area contributed by atoms with Crippen LogP contribution in [0.5, 0.6) is 0 Å². The maximum atomic E-state index is 13.8. The molecule has 164 valence electrons. The van der Waals surface area contributed by atoms with Gasteiger partial charge in [0.15, 0.2) is 5.25 Å². The van der Waals surface area contributed by atoms with Crippen molar-refractivity contribution in [1.82, 2.24) is 4.90 Å². The second kappa shape index (κ2) is 8.51. The number of nitrogens with one attached hydrogen (secondary N) is 2. The Balaban J connectivity index is 1.53. The number of nitrogens with zero attached hydrogens (tertiary/aromatic N) is 1. The molecule has 4 rings (SSSR count). The summed E-state index contributed by atoms with van der Waals surface area (Å²) in [5, 5.41) is 1.75. The van der Waals surface area contributed by atoms with E-state index in [1.165, 1.54) is 30.3 Å². The number of benzene rings is 2. The molecule has 2 amide bonds. The lowest BCUT2D eigenvalue weighted by Crippen LogP contribution is -2.47. The lowest BCUT2D eigenvalue weighted by Gasteiger charge is -2.33. The molecule has 2 aromatic carbocycles. The number of halogens is 1. The zero-order chi connectivity index (χ0) is 22.2. The predicted molar refractivity (Wildman–Crippen MR) is 117 cm³/mol. The van der Waals surface area contributed by atoms with Crippen molar-refractivity contribution in [3.8, 4) is 0 Å². The Hall–Kier alpha value is -2.59. The standard InChI is InChI=1S/C21H22FN3O4S2/c1-13-8-10-25(11-9-13)21(27)19-20(26)23-17-12-14(6-7-18(17)30-19)31(28,29)24-16-5-3-2-4-15(16)22/h2-7,12-13,19,24H,8-11H2,1H3,(H,23,26). The van der Waals surface area contributed by atoms with Gasteiger partial charge in [-0.15, -0.1) is 11.8 Å². The van der Waals surface area contributed by atoms with E-state index in [-0.39, 0.29) is 16.5 Å². The van der Waals surface area contributed by atoms with Crippen molar-refractivity contribution < 1.29 is 22.4 Å². The van der Waals surface area contributed by atoms with Crippen molar-refractivity contribution in [3.05, 3.63) is 48.3 Å². The third kappa shape index (κ3) is 4.54. The van der Waals surface area contributed by atoms with Crippen LogP contribution < -0.4 is 10.0 Å². The van der Waals surface area contributed by atoms with Gasteiger partial charge in [-0.3, -0.25) is 14.3 Å².